The van der Waals surface area contributed by atoms with Crippen molar-refractivity contribution >= 4 is 11.0 Å². The Morgan fingerprint density at radius 1 is 1.33 bits per heavy atom. The van der Waals surface area contributed by atoms with Gasteiger partial charge in [0, 0.05) is 26.7 Å². The minimum absolute atomic E-state index is 1.04. The van der Waals surface area contributed by atoms with Crippen LogP contribution in [0.25, 0.3) is 11.0 Å². The van der Waals surface area contributed by atoms with Crippen LogP contribution in [0.3, 0.4) is 0 Å². The molecule has 0 aliphatic carbocycles. The maximum atomic E-state index is 4.39. The first-order valence-corrected chi connectivity index (χ1v) is 6.44. The van der Waals surface area contributed by atoms with Crippen LogP contribution in [0.15, 0.2) is 24.5 Å². The summed E-state index contributed by atoms with van der Waals surface area (Å²) in [5.41, 5.74) is 3.65. The SMILES string of the molecule is CNCCN(C)CCc1ccc2c(c1)ncn2C. The molecule has 18 heavy (non-hydrogen) atoms. The van der Waals surface area contributed by atoms with Gasteiger partial charge in [-0.2, -0.15) is 0 Å². The molecular formula is C14H22N4. The van der Waals surface area contributed by atoms with Gasteiger partial charge >= 0.3 is 0 Å². The highest BCUT2D eigenvalue weighted by molar-refractivity contribution is 5.75. The lowest BCUT2D eigenvalue weighted by Crippen LogP contribution is -2.29. The zero-order chi connectivity index (χ0) is 13.0. The van der Waals surface area contributed by atoms with E-state index in [1.54, 1.807) is 0 Å². The summed E-state index contributed by atoms with van der Waals surface area (Å²) < 4.78 is 2.05. The first kappa shape index (κ1) is 13.1. The summed E-state index contributed by atoms with van der Waals surface area (Å²) in [6, 6.07) is 6.56. The Morgan fingerprint density at radius 2 is 2.17 bits per heavy atom. The summed E-state index contributed by atoms with van der Waals surface area (Å²) in [7, 11) is 6.18. The van der Waals surface area contributed by atoms with E-state index >= 15 is 0 Å². The van der Waals surface area contributed by atoms with Crippen LogP contribution >= 0.6 is 0 Å². The topological polar surface area (TPSA) is 33.1 Å². The van der Waals surface area contributed by atoms with Gasteiger partial charge < -0.3 is 14.8 Å². The number of likely N-dealkylation sites (N-methyl/N-ethyl adjacent to an activating group) is 2. The molecule has 4 nitrogen and oxygen atoms in total. The molecule has 1 N–H and O–H groups in total. The molecule has 4 heteroatoms. The average Bonchev–Trinajstić information content (AvgIpc) is 2.75. The maximum Gasteiger partial charge on any atom is 0.0955 e. The minimum atomic E-state index is 1.04. The second-order valence-electron chi connectivity index (χ2n) is 4.84. The molecule has 0 saturated carbocycles. The Kier molecular flexibility index (Phi) is 4.33. The number of rotatable bonds is 6. The van der Waals surface area contributed by atoms with Gasteiger partial charge in [0.2, 0.25) is 0 Å². The fourth-order valence-electron chi connectivity index (χ4n) is 2.07. The third-order valence-electron chi connectivity index (χ3n) is 3.32. The van der Waals surface area contributed by atoms with Crippen molar-refractivity contribution in [3.05, 3.63) is 30.1 Å². The first-order chi connectivity index (χ1) is 8.70. The highest BCUT2D eigenvalue weighted by Gasteiger charge is 2.03. The fourth-order valence-corrected chi connectivity index (χ4v) is 2.07. The van der Waals surface area contributed by atoms with Crippen molar-refractivity contribution in [2.45, 2.75) is 6.42 Å². The fraction of sp³-hybridized carbons (Fsp3) is 0.500. The van der Waals surface area contributed by atoms with Crippen molar-refractivity contribution in [2.75, 3.05) is 33.7 Å². The normalized spacial score (nSPS) is 11.6. The van der Waals surface area contributed by atoms with Crippen molar-refractivity contribution in [1.82, 2.24) is 19.8 Å². The second-order valence-corrected chi connectivity index (χ2v) is 4.84. The Morgan fingerprint density at radius 3 is 2.94 bits per heavy atom. The number of nitrogens with one attached hydrogen (secondary N) is 1. The average molecular weight is 246 g/mol. The van der Waals surface area contributed by atoms with Crippen LogP contribution in [0.1, 0.15) is 5.56 Å². The van der Waals surface area contributed by atoms with Crippen LogP contribution in [0.4, 0.5) is 0 Å². The second kappa shape index (κ2) is 5.98. The van der Waals surface area contributed by atoms with Gasteiger partial charge in [-0.05, 0) is 38.2 Å². The predicted molar refractivity (Wildman–Crippen MR) is 75.8 cm³/mol. The molecule has 0 unspecified atom stereocenters. The van der Waals surface area contributed by atoms with E-state index in [9.17, 15) is 0 Å². The number of nitrogens with zero attached hydrogens (tertiary/aromatic N) is 3. The highest BCUT2D eigenvalue weighted by Crippen LogP contribution is 2.14. The Hall–Kier alpha value is -1.39. The molecular weight excluding hydrogens is 224 g/mol. The molecule has 0 atom stereocenters. The molecule has 0 radical (unpaired) electrons. The van der Waals surface area contributed by atoms with Gasteiger partial charge in [0.1, 0.15) is 0 Å². The van der Waals surface area contributed by atoms with E-state index in [-0.39, 0.29) is 0 Å². The lowest BCUT2D eigenvalue weighted by Gasteiger charge is -2.16. The molecule has 0 amide bonds. The van der Waals surface area contributed by atoms with E-state index in [0.29, 0.717) is 0 Å². The number of imidazole rings is 1. The predicted octanol–water partition coefficient (Wildman–Crippen LogP) is 1.27. The molecule has 0 saturated heterocycles. The summed E-state index contributed by atoms with van der Waals surface area (Å²) in [5.74, 6) is 0. The standard InChI is InChI=1S/C14H22N4/c1-15-7-9-17(2)8-6-12-4-5-14-13(10-12)16-11-18(14)3/h4-5,10-11,15H,6-9H2,1-3H3. The molecule has 2 aromatic rings. The van der Waals surface area contributed by atoms with Gasteiger partial charge in [-0.3, -0.25) is 0 Å². The number of benzene rings is 1. The summed E-state index contributed by atoms with van der Waals surface area (Å²) >= 11 is 0. The quantitative estimate of drug-likeness (QED) is 0.833. The van der Waals surface area contributed by atoms with E-state index < -0.39 is 0 Å². The number of aryl methyl sites for hydroxylation is 1. The molecule has 2 rings (SSSR count). The molecule has 1 heterocycles. The molecule has 0 spiro atoms. The van der Waals surface area contributed by atoms with Crippen LogP contribution in [0.2, 0.25) is 0 Å². The van der Waals surface area contributed by atoms with Crippen molar-refractivity contribution < 1.29 is 0 Å². The van der Waals surface area contributed by atoms with E-state index in [1.165, 1.54) is 11.1 Å². The molecule has 0 aliphatic heterocycles. The monoisotopic (exact) mass is 246 g/mol. The summed E-state index contributed by atoms with van der Waals surface area (Å²) in [5, 5.41) is 3.17. The van der Waals surface area contributed by atoms with Crippen LogP contribution < -0.4 is 5.32 Å². The Labute approximate surface area is 109 Å². The molecule has 1 aromatic carbocycles. The lowest BCUT2D eigenvalue weighted by molar-refractivity contribution is 0.339. The van der Waals surface area contributed by atoms with E-state index in [0.717, 1.165) is 31.6 Å². The first-order valence-electron chi connectivity index (χ1n) is 6.44. The van der Waals surface area contributed by atoms with Crippen molar-refractivity contribution in [3.63, 3.8) is 0 Å². The van der Waals surface area contributed by atoms with Crippen molar-refractivity contribution in [2.24, 2.45) is 7.05 Å². The third kappa shape index (κ3) is 3.09. The van der Waals surface area contributed by atoms with Gasteiger partial charge in [0.15, 0.2) is 0 Å². The zero-order valence-corrected chi connectivity index (χ0v) is 11.5. The molecule has 98 valence electrons. The van der Waals surface area contributed by atoms with Crippen LogP contribution in [0.5, 0.6) is 0 Å². The van der Waals surface area contributed by atoms with E-state index in [2.05, 4.69) is 45.0 Å². The summed E-state index contributed by atoms with van der Waals surface area (Å²) in [4.78, 5) is 6.74. The van der Waals surface area contributed by atoms with E-state index in [4.69, 9.17) is 0 Å². The number of hydrogen-bond donors (Lipinski definition) is 1. The lowest BCUT2D eigenvalue weighted by atomic mass is 10.1. The van der Waals surface area contributed by atoms with Crippen LogP contribution in [-0.2, 0) is 13.5 Å². The number of fused-ring (bicyclic) bond motifs is 1. The summed E-state index contributed by atoms with van der Waals surface area (Å²) in [6.45, 7) is 3.21. The van der Waals surface area contributed by atoms with Crippen molar-refractivity contribution in [3.8, 4) is 0 Å². The Bertz CT molecular complexity index is 503. The van der Waals surface area contributed by atoms with Gasteiger partial charge in [0.25, 0.3) is 0 Å². The molecule has 1 aromatic heterocycles. The van der Waals surface area contributed by atoms with Crippen molar-refractivity contribution in [1.29, 1.82) is 0 Å². The maximum absolute atomic E-state index is 4.39. The number of hydrogen-bond acceptors (Lipinski definition) is 3. The van der Waals surface area contributed by atoms with Crippen LogP contribution in [0, 0.1) is 0 Å². The molecule has 0 fully saturated rings. The van der Waals surface area contributed by atoms with E-state index in [1.807, 2.05) is 20.4 Å². The molecule has 0 bridgehead atoms. The van der Waals surface area contributed by atoms with Gasteiger partial charge in [-0.25, -0.2) is 4.98 Å². The molecule has 0 aliphatic rings. The van der Waals surface area contributed by atoms with Crippen LogP contribution in [-0.4, -0.2) is 48.2 Å². The van der Waals surface area contributed by atoms with Gasteiger partial charge in [-0.15, -0.1) is 0 Å². The summed E-state index contributed by atoms with van der Waals surface area (Å²) in [6.07, 6.45) is 2.94. The largest absolute Gasteiger partial charge is 0.334 e. The number of aromatic nitrogens is 2. The zero-order valence-electron chi connectivity index (χ0n) is 11.5. The third-order valence-corrected chi connectivity index (χ3v) is 3.32. The Balaban J connectivity index is 1.95. The van der Waals surface area contributed by atoms with Gasteiger partial charge in [0.05, 0.1) is 17.4 Å². The highest BCUT2D eigenvalue weighted by atomic mass is 15.1. The van der Waals surface area contributed by atoms with Gasteiger partial charge in [-0.1, -0.05) is 6.07 Å². The smallest absolute Gasteiger partial charge is 0.0955 e. The minimum Gasteiger partial charge on any atom is -0.334 e.